The van der Waals surface area contributed by atoms with E-state index in [1.807, 2.05) is 54.6 Å². The monoisotopic (exact) mass is 481 g/mol. The first-order valence-corrected chi connectivity index (χ1v) is 12.0. The van der Waals surface area contributed by atoms with Gasteiger partial charge < -0.3 is 20.5 Å². The van der Waals surface area contributed by atoms with Crippen LogP contribution in [-0.2, 0) is 16.0 Å². The fraction of sp³-hybridized carbons (Fsp3) is 0.214. The van der Waals surface area contributed by atoms with Crippen molar-refractivity contribution < 1.29 is 14.4 Å². The Morgan fingerprint density at radius 3 is 2.44 bits per heavy atom. The van der Waals surface area contributed by atoms with Crippen molar-refractivity contribution in [2.24, 2.45) is 0 Å². The molecule has 0 bridgehead atoms. The molecule has 1 aliphatic rings. The van der Waals surface area contributed by atoms with E-state index < -0.39 is 0 Å². The molecule has 1 unspecified atom stereocenters. The lowest BCUT2D eigenvalue weighted by Crippen LogP contribution is -2.39. The molecule has 4 aromatic rings. The summed E-state index contributed by atoms with van der Waals surface area (Å²) in [5.41, 5.74) is 3.99. The van der Waals surface area contributed by atoms with E-state index in [0.29, 0.717) is 30.8 Å². The van der Waals surface area contributed by atoms with Gasteiger partial charge in [-0.15, -0.1) is 0 Å². The number of anilines is 1. The van der Waals surface area contributed by atoms with Crippen LogP contribution in [-0.4, -0.2) is 40.8 Å². The van der Waals surface area contributed by atoms with E-state index in [4.69, 9.17) is 0 Å². The molecule has 3 amide bonds. The number of fused-ring (bicyclic) bond motifs is 1. The Kier molecular flexibility index (Phi) is 6.75. The summed E-state index contributed by atoms with van der Waals surface area (Å²) in [7, 11) is 0. The summed E-state index contributed by atoms with van der Waals surface area (Å²) in [6, 6.07) is 24.0. The average molecular weight is 482 g/mol. The van der Waals surface area contributed by atoms with Crippen LogP contribution in [0.1, 0.15) is 40.6 Å². The minimum atomic E-state index is -0.388. The zero-order valence-corrected chi connectivity index (χ0v) is 19.7. The fourth-order valence-electron chi connectivity index (χ4n) is 4.43. The Balaban J connectivity index is 1.23. The molecule has 2 heterocycles. The molecule has 1 saturated heterocycles. The first kappa shape index (κ1) is 23.3. The maximum atomic E-state index is 12.8. The molecule has 0 aliphatic carbocycles. The average Bonchev–Trinajstić information content (AvgIpc) is 3.54. The molecule has 5 rings (SSSR count). The van der Waals surface area contributed by atoms with Crippen LogP contribution >= 0.6 is 0 Å². The lowest BCUT2D eigenvalue weighted by atomic mass is 10.1. The highest BCUT2D eigenvalue weighted by molar-refractivity contribution is 5.98. The van der Waals surface area contributed by atoms with E-state index in [0.717, 1.165) is 28.7 Å². The van der Waals surface area contributed by atoms with Crippen LogP contribution in [0.5, 0.6) is 0 Å². The second kappa shape index (κ2) is 10.4. The predicted molar refractivity (Wildman–Crippen MR) is 137 cm³/mol. The van der Waals surface area contributed by atoms with E-state index in [9.17, 15) is 14.4 Å². The number of carbonyl (C=O) groups is 3. The second-order valence-electron chi connectivity index (χ2n) is 8.83. The zero-order valence-electron chi connectivity index (χ0n) is 19.7. The topological polar surface area (TPSA) is 107 Å². The van der Waals surface area contributed by atoms with Crippen LogP contribution in [0.2, 0.25) is 0 Å². The molecule has 182 valence electrons. The van der Waals surface area contributed by atoms with Gasteiger partial charge >= 0.3 is 0 Å². The van der Waals surface area contributed by atoms with Crippen LogP contribution in [0.15, 0.2) is 78.9 Å². The number of benzene rings is 3. The number of imidazole rings is 1. The number of rotatable bonds is 8. The van der Waals surface area contributed by atoms with Gasteiger partial charge in [-0.05, 0) is 54.8 Å². The maximum absolute atomic E-state index is 12.8. The molecule has 8 nitrogen and oxygen atoms in total. The van der Waals surface area contributed by atoms with Gasteiger partial charge in [-0.25, -0.2) is 4.98 Å². The van der Waals surface area contributed by atoms with Gasteiger partial charge in [-0.2, -0.15) is 0 Å². The van der Waals surface area contributed by atoms with E-state index in [-0.39, 0.29) is 30.3 Å². The summed E-state index contributed by atoms with van der Waals surface area (Å²) in [6.07, 6.45) is 1.95. The Labute approximate surface area is 208 Å². The summed E-state index contributed by atoms with van der Waals surface area (Å²) < 4.78 is 0. The minimum absolute atomic E-state index is 0.0957. The van der Waals surface area contributed by atoms with E-state index in [1.54, 1.807) is 29.2 Å². The number of nitrogens with one attached hydrogen (secondary N) is 3. The lowest BCUT2D eigenvalue weighted by Gasteiger charge is -2.18. The molecule has 3 aromatic carbocycles. The Morgan fingerprint density at radius 2 is 1.72 bits per heavy atom. The Hall–Kier alpha value is -4.46. The molecular formula is C28H27N5O3. The first-order chi connectivity index (χ1) is 17.6. The van der Waals surface area contributed by atoms with Crippen molar-refractivity contribution in [1.82, 2.24) is 20.6 Å². The van der Waals surface area contributed by atoms with E-state index in [2.05, 4.69) is 20.6 Å². The highest BCUT2D eigenvalue weighted by Gasteiger charge is 2.22. The fourth-order valence-corrected chi connectivity index (χ4v) is 4.43. The predicted octanol–water partition coefficient (Wildman–Crippen LogP) is 3.52. The third kappa shape index (κ3) is 5.27. The molecular weight excluding hydrogens is 454 g/mol. The molecule has 1 aromatic heterocycles. The van der Waals surface area contributed by atoms with E-state index in [1.165, 1.54) is 0 Å². The minimum Gasteiger partial charge on any atom is -0.344 e. The smallest absolute Gasteiger partial charge is 0.251 e. The summed E-state index contributed by atoms with van der Waals surface area (Å²) in [6.45, 7) is 0.524. The molecule has 0 radical (unpaired) electrons. The summed E-state index contributed by atoms with van der Waals surface area (Å²) in [4.78, 5) is 47.1. The largest absolute Gasteiger partial charge is 0.344 e. The van der Waals surface area contributed by atoms with Gasteiger partial charge in [0.1, 0.15) is 5.82 Å². The number of amides is 3. The standard InChI is InChI=1S/C28H27N5O3/c34-25(18-29-28(36)20-12-14-21(15-13-20)33-16-6-11-26(33)35)30-24(17-19-7-2-1-3-8-19)27-31-22-9-4-5-10-23(22)32-27/h1-5,7-10,12-15,24H,6,11,16-18H2,(H,29,36)(H,30,34)(H,31,32). The van der Waals surface area contributed by atoms with Crippen LogP contribution in [0.25, 0.3) is 11.0 Å². The summed E-state index contributed by atoms with van der Waals surface area (Å²) in [5, 5.41) is 5.69. The molecule has 1 aliphatic heterocycles. The Morgan fingerprint density at radius 1 is 0.972 bits per heavy atom. The normalized spacial score (nSPS) is 14.1. The van der Waals surface area contributed by atoms with Crippen molar-refractivity contribution in [3.05, 3.63) is 95.8 Å². The number of aromatic amines is 1. The number of para-hydroxylation sites is 2. The van der Waals surface area contributed by atoms with E-state index >= 15 is 0 Å². The maximum Gasteiger partial charge on any atom is 0.251 e. The van der Waals surface area contributed by atoms with Gasteiger partial charge in [0.05, 0.1) is 23.6 Å². The second-order valence-corrected chi connectivity index (χ2v) is 8.83. The van der Waals surface area contributed by atoms with Gasteiger partial charge in [0.2, 0.25) is 11.8 Å². The van der Waals surface area contributed by atoms with Gasteiger partial charge in [0.25, 0.3) is 5.91 Å². The number of aromatic nitrogens is 2. The molecule has 3 N–H and O–H groups in total. The molecule has 0 spiro atoms. The third-order valence-corrected chi connectivity index (χ3v) is 6.28. The summed E-state index contributed by atoms with van der Waals surface area (Å²) >= 11 is 0. The van der Waals surface area contributed by atoms with Crippen LogP contribution < -0.4 is 15.5 Å². The van der Waals surface area contributed by atoms with Crippen LogP contribution in [0.3, 0.4) is 0 Å². The Bertz CT molecular complexity index is 1350. The summed E-state index contributed by atoms with van der Waals surface area (Å²) in [5.74, 6) is 0.0852. The molecule has 1 atom stereocenters. The molecule has 8 heteroatoms. The zero-order chi connectivity index (χ0) is 24.9. The van der Waals surface area contributed by atoms with Crippen molar-refractivity contribution in [3.63, 3.8) is 0 Å². The highest BCUT2D eigenvalue weighted by Crippen LogP contribution is 2.22. The van der Waals surface area contributed by atoms with Crippen molar-refractivity contribution in [1.29, 1.82) is 0 Å². The van der Waals surface area contributed by atoms with Crippen molar-refractivity contribution >= 4 is 34.4 Å². The van der Waals surface area contributed by atoms with Gasteiger partial charge in [0.15, 0.2) is 0 Å². The SMILES string of the molecule is O=C(CNC(=O)c1ccc(N2CCCC2=O)cc1)NC(Cc1ccccc1)c1nc2ccccc2[nH]1. The van der Waals surface area contributed by atoms with Gasteiger partial charge in [-0.3, -0.25) is 14.4 Å². The number of hydrogen-bond donors (Lipinski definition) is 3. The first-order valence-electron chi connectivity index (χ1n) is 12.0. The highest BCUT2D eigenvalue weighted by atomic mass is 16.2. The van der Waals surface area contributed by atoms with Crippen molar-refractivity contribution in [3.8, 4) is 0 Å². The van der Waals surface area contributed by atoms with Crippen LogP contribution in [0, 0.1) is 0 Å². The molecule has 36 heavy (non-hydrogen) atoms. The lowest BCUT2D eigenvalue weighted by molar-refractivity contribution is -0.121. The van der Waals surface area contributed by atoms with Gasteiger partial charge in [0, 0.05) is 24.2 Å². The van der Waals surface area contributed by atoms with Gasteiger partial charge in [-0.1, -0.05) is 42.5 Å². The number of nitrogens with zero attached hydrogens (tertiary/aromatic N) is 2. The van der Waals surface area contributed by atoms with Crippen LogP contribution in [0.4, 0.5) is 5.69 Å². The molecule has 0 saturated carbocycles. The quantitative estimate of drug-likeness (QED) is 0.358. The van der Waals surface area contributed by atoms with Crippen molar-refractivity contribution in [2.45, 2.75) is 25.3 Å². The number of hydrogen-bond acceptors (Lipinski definition) is 4. The molecule has 1 fully saturated rings. The van der Waals surface area contributed by atoms with Crippen molar-refractivity contribution in [2.75, 3.05) is 18.0 Å². The number of H-pyrrole nitrogens is 1. The number of carbonyl (C=O) groups excluding carboxylic acids is 3. The third-order valence-electron chi connectivity index (χ3n) is 6.28.